The largest absolute Gasteiger partial charge is 0.494 e. The number of rotatable bonds is 8. The molecule has 1 fully saturated rings. The van der Waals surface area contributed by atoms with E-state index in [0.29, 0.717) is 29.5 Å². The molecular weight excluding hydrogens is 372 g/mol. The van der Waals surface area contributed by atoms with Crippen LogP contribution in [0.1, 0.15) is 30.6 Å². The number of benzene rings is 2. The second-order valence-electron chi connectivity index (χ2n) is 6.96. The quantitative estimate of drug-likeness (QED) is 0.667. The molecule has 2 atom stereocenters. The summed E-state index contributed by atoms with van der Waals surface area (Å²) < 4.78 is 10.4. The Morgan fingerprint density at radius 3 is 2.14 bits per heavy atom. The van der Waals surface area contributed by atoms with Crippen LogP contribution in [0, 0.1) is 11.8 Å². The number of ether oxygens (including phenoxy) is 2. The third-order valence-electron chi connectivity index (χ3n) is 4.61. The van der Waals surface area contributed by atoms with Gasteiger partial charge in [0.2, 0.25) is 0 Å². The maximum absolute atomic E-state index is 12.3. The van der Waals surface area contributed by atoms with Gasteiger partial charge in [-0.15, -0.1) is 0 Å². The molecule has 0 aromatic heterocycles. The molecule has 0 heterocycles. The Morgan fingerprint density at radius 2 is 1.55 bits per heavy atom. The van der Waals surface area contributed by atoms with Crippen molar-refractivity contribution in [2.45, 2.75) is 20.3 Å². The molecule has 0 bridgehead atoms. The summed E-state index contributed by atoms with van der Waals surface area (Å²) in [6, 6.07) is 13.6. The van der Waals surface area contributed by atoms with E-state index in [4.69, 9.17) is 9.47 Å². The lowest BCUT2D eigenvalue weighted by molar-refractivity contribution is -0.148. The monoisotopic (exact) mass is 396 g/mol. The number of carbonyl (C=O) groups is 3. The fraction of sp³-hybridized carbons (Fsp3) is 0.318. The first-order valence-electron chi connectivity index (χ1n) is 9.57. The van der Waals surface area contributed by atoms with Crippen molar-refractivity contribution in [1.82, 2.24) is 0 Å². The lowest BCUT2D eigenvalue weighted by atomic mass is 10.2. The van der Waals surface area contributed by atoms with E-state index in [1.807, 2.05) is 13.8 Å². The topological polar surface area (TPSA) is 93.7 Å². The van der Waals surface area contributed by atoms with E-state index in [9.17, 15) is 14.4 Å². The van der Waals surface area contributed by atoms with E-state index in [0.717, 1.165) is 12.2 Å². The highest BCUT2D eigenvalue weighted by atomic mass is 16.5. The molecule has 0 unspecified atom stereocenters. The van der Waals surface area contributed by atoms with Gasteiger partial charge >= 0.3 is 5.97 Å². The SMILES string of the molecule is CCOc1ccc(NC(=O)c2ccc(NC(=O)COC(=O)[C@H]3C[C@@H]3C)cc2)cc1. The van der Waals surface area contributed by atoms with Crippen LogP contribution in [0.15, 0.2) is 48.5 Å². The molecule has 0 saturated heterocycles. The van der Waals surface area contributed by atoms with Crippen LogP contribution in [-0.2, 0) is 14.3 Å². The Balaban J connectivity index is 1.47. The Hall–Kier alpha value is -3.35. The molecule has 2 aromatic carbocycles. The number of amides is 2. The van der Waals surface area contributed by atoms with Crippen LogP contribution in [-0.4, -0.2) is 31.0 Å². The van der Waals surface area contributed by atoms with Gasteiger partial charge in [0, 0.05) is 16.9 Å². The lowest BCUT2D eigenvalue weighted by Crippen LogP contribution is -2.21. The first kappa shape index (κ1) is 20.4. The predicted octanol–water partition coefficient (Wildman–Crippen LogP) is 3.48. The molecule has 7 nitrogen and oxygen atoms in total. The summed E-state index contributed by atoms with van der Waals surface area (Å²) in [5.74, 6) is -0.00234. The molecule has 29 heavy (non-hydrogen) atoms. The van der Waals surface area contributed by atoms with Gasteiger partial charge in [-0.2, -0.15) is 0 Å². The summed E-state index contributed by atoms with van der Waals surface area (Å²) in [5.41, 5.74) is 1.62. The zero-order valence-electron chi connectivity index (χ0n) is 16.4. The predicted molar refractivity (Wildman–Crippen MR) is 109 cm³/mol. The van der Waals surface area contributed by atoms with Gasteiger partial charge in [-0.25, -0.2) is 0 Å². The minimum absolute atomic E-state index is 0.0732. The standard InChI is InChI=1S/C22H24N2O5/c1-3-28-18-10-8-17(9-11-18)24-21(26)15-4-6-16(7-5-15)23-20(25)13-29-22(27)19-12-14(19)2/h4-11,14,19H,3,12-13H2,1-2H3,(H,23,25)(H,24,26)/t14-,19-/m0/s1. The number of esters is 1. The number of anilines is 2. The van der Waals surface area contributed by atoms with Crippen LogP contribution in [0.4, 0.5) is 11.4 Å². The van der Waals surface area contributed by atoms with E-state index in [1.54, 1.807) is 48.5 Å². The van der Waals surface area contributed by atoms with Crippen molar-refractivity contribution >= 4 is 29.2 Å². The summed E-state index contributed by atoms with van der Waals surface area (Å²) in [5, 5.41) is 5.44. The van der Waals surface area contributed by atoms with Crippen LogP contribution in [0.2, 0.25) is 0 Å². The average molecular weight is 396 g/mol. The molecule has 2 amide bonds. The number of carbonyl (C=O) groups excluding carboxylic acids is 3. The Kier molecular flexibility index (Phi) is 6.49. The van der Waals surface area contributed by atoms with Gasteiger partial charge in [0.25, 0.3) is 11.8 Å². The van der Waals surface area contributed by atoms with E-state index in [1.165, 1.54) is 0 Å². The third kappa shape index (κ3) is 5.81. The summed E-state index contributed by atoms with van der Waals surface area (Å²) >= 11 is 0. The first-order valence-corrected chi connectivity index (χ1v) is 9.57. The lowest BCUT2D eigenvalue weighted by Gasteiger charge is -2.09. The van der Waals surface area contributed by atoms with Gasteiger partial charge in [0.15, 0.2) is 6.61 Å². The van der Waals surface area contributed by atoms with Gasteiger partial charge in [-0.05, 0) is 67.8 Å². The maximum Gasteiger partial charge on any atom is 0.309 e. The third-order valence-corrected chi connectivity index (χ3v) is 4.61. The zero-order chi connectivity index (χ0) is 20.8. The van der Waals surface area contributed by atoms with Gasteiger partial charge in [-0.1, -0.05) is 6.92 Å². The van der Waals surface area contributed by atoms with E-state index in [-0.39, 0.29) is 24.4 Å². The van der Waals surface area contributed by atoms with Crippen molar-refractivity contribution in [2.75, 3.05) is 23.8 Å². The number of hydrogen-bond acceptors (Lipinski definition) is 5. The minimum atomic E-state index is -0.418. The fourth-order valence-electron chi connectivity index (χ4n) is 2.80. The summed E-state index contributed by atoms with van der Waals surface area (Å²) in [4.78, 5) is 35.9. The van der Waals surface area contributed by atoms with Crippen LogP contribution >= 0.6 is 0 Å². The van der Waals surface area contributed by atoms with Crippen LogP contribution < -0.4 is 15.4 Å². The molecule has 2 N–H and O–H groups in total. The molecule has 0 spiro atoms. The van der Waals surface area contributed by atoms with Crippen molar-refractivity contribution in [1.29, 1.82) is 0 Å². The van der Waals surface area contributed by atoms with Crippen molar-refractivity contribution < 1.29 is 23.9 Å². The van der Waals surface area contributed by atoms with Crippen molar-refractivity contribution in [3.63, 3.8) is 0 Å². The highest BCUT2D eigenvalue weighted by Crippen LogP contribution is 2.38. The molecule has 7 heteroatoms. The maximum atomic E-state index is 12.3. The molecule has 0 aliphatic heterocycles. The van der Waals surface area contributed by atoms with Crippen LogP contribution in [0.3, 0.4) is 0 Å². The highest BCUT2D eigenvalue weighted by molar-refractivity contribution is 6.04. The van der Waals surface area contributed by atoms with Gasteiger partial charge < -0.3 is 20.1 Å². The second kappa shape index (κ2) is 9.23. The molecule has 3 rings (SSSR count). The molecule has 2 aromatic rings. The van der Waals surface area contributed by atoms with E-state index < -0.39 is 5.91 Å². The Labute approximate surface area is 169 Å². The van der Waals surface area contributed by atoms with Crippen LogP contribution in [0.25, 0.3) is 0 Å². The van der Waals surface area contributed by atoms with Crippen LogP contribution in [0.5, 0.6) is 5.75 Å². The first-order chi connectivity index (χ1) is 14.0. The van der Waals surface area contributed by atoms with Crippen molar-refractivity contribution in [3.8, 4) is 5.75 Å². The summed E-state index contributed by atoms with van der Waals surface area (Å²) in [7, 11) is 0. The van der Waals surface area contributed by atoms with E-state index >= 15 is 0 Å². The average Bonchev–Trinajstić information content (AvgIpc) is 3.45. The fourth-order valence-corrected chi connectivity index (χ4v) is 2.80. The normalized spacial score (nSPS) is 17.2. The summed E-state index contributed by atoms with van der Waals surface area (Å²) in [6.45, 7) is 4.14. The molecule has 0 radical (unpaired) electrons. The van der Waals surface area contributed by atoms with Gasteiger partial charge in [0.05, 0.1) is 12.5 Å². The zero-order valence-corrected chi connectivity index (χ0v) is 16.4. The molecular formula is C22H24N2O5. The highest BCUT2D eigenvalue weighted by Gasteiger charge is 2.40. The molecule has 1 aliphatic rings. The summed E-state index contributed by atoms with van der Waals surface area (Å²) in [6.07, 6.45) is 0.820. The Bertz CT molecular complexity index is 877. The number of hydrogen-bond donors (Lipinski definition) is 2. The van der Waals surface area contributed by atoms with Gasteiger partial charge in [-0.3, -0.25) is 14.4 Å². The number of nitrogens with one attached hydrogen (secondary N) is 2. The molecule has 1 saturated carbocycles. The van der Waals surface area contributed by atoms with E-state index in [2.05, 4.69) is 10.6 Å². The molecule has 1 aliphatic carbocycles. The van der Waals surface area contributed by atoms with Crippen molar-refractivity contribution in [2.24, 2.45) is 11.8 Å². The van der Waals surface area contributed by atoms with Crippen molar-refractivity contribution in [3.05, 3.63) is 54.1 Å². The van der Waals surface area contributed by atoms with Gasteiger partial charge in [0.1, 0.15) is 5.75 Å². The minimum Gasteiger partial charge on any atom is -0.494 e. The smallest absolute Gasteiger partial charge is 0.309 e. The molecule has 152 valence electrons. The second-order valence-corrected chi connectivity index (χ2v) is 6.96. The Morgan fingerprint density at radius 1 is 0.966 bits per heavy atom.